The fourth-order valence-electron chi connectivity index (χ4n) is 0.765. The molecule has 7 nitrogen and oxygen atoms in total. The summed E-state index contributed by atoms with van der Waals surface area (Å²) in [6, 6.07) is 1.46. The number of hydrogen-bond acceptors (Lipinski definition) is 5. The Bertz CT molecular complexity index is 380. The van der Waals surface area contributed by atoms with E-state index in [2.05, 4.69) is 14.7 Å². The number of hydrogen-bond donors (Lipinski definition) is 2. The number of amides is 1. The lowest BCUT2D eigenvalue weighted by molar-refractivity contribution is -0.135. The Morgan fingerprint density at radius 3 is 2.87 bits per heavy atom. The van der Waals surface area contributed by atoms with E-state index >= 15 is 0 Å². The summed E-state index contributed by atoms with van der Waals surface area (Å²) >= 11 is 0. The Kier molecular flexibility index (Phi) is 3.55. The molecule has 0 aromatic carbocycles. The van der Waals surface area contributed by atoms with Crippen LogP contribution in [0.1, 0.15) is 5.69 Å². The molecule has 15 heavy (non-hydrogen) atoms. The molecule has 0 fully saturated rings. The highest BCUT2D eigenvalue weighted by Crippen LogP contribution is 2.05. The lowest BCUT2D eigenvalue weighted by atomic mass is 10.4. The van der Waals surface area contributed by atoms with Gasteiger partial charge < -0.3 is 15.2 Å². The van der Waals surface area contributed by atoms with Crippen molar-refractivity contribution in [2.75, 3.05) is 6.54 Å². The van der Waals surface area contributed by atoms with Crippen LogP contribution in [0.3, 0.4) is 0 Å². The van der Waals surface area contributed by atoms with Gasteiger partial charge in [0.05, 0.1) is 0 Å². The quantitative estimate of drug-likeness (QED) is 0.727. The first-order valence-electron chi connectivity index (χ1n) is 4.04. The molecule has 0 aliphatic rings. The third-order valence-corrected chi connectivity index (χ3v) is 1.36. The Hall–Kier alpha value is -2.18. The number of aryl methyl sites for hydroxylation is 1. The fourth-order valence-corrected chi connectivity index (χ4v) is 0.765. The van der Waals surface area contributed by atoms with E-state index in [9.17, 15) is 9.59 Å². The van der Waals surface area contributed by atoms with Crippen LogP contribution in [0.25, 0.3) is 0 Å². The minimum absolute atomic E-state index is 0.0744. The number of aromatic nitrogens is 2. The van der Waals surface area contributed by atoms with Gasteiger partial charge >= 0.3 is 12.1 Å². The van der Waals surface area contributed by atoms with E-state index in [1.165, 1.54) is 12.4 Å². The number of carbonyl (C=O) groups is 2. The molecule has 0 saturated carbocycles. The van der Waals surface area contributed by atoms with Crippen LogP contribution < -0.4 is 10.1 Å². The normalized spacial score (nSPS) is 9.40. The molecular weight excluding hydrogens is 202 g/mol. The van der Waals surface area contributed by atoms with Crippen LogP contribution in [0, 0.1) is 6.92 Å². The second-order valence-corrected chi connectivity index (χ2v) is 2.63. The van der Waals surface area contributed by atoms with Crippen LogP contribution in [0.4, 0.5) is 4.79 Å². The van der Waals surface area contributed by atoms with Crippen LogP contribution in [0.5, 0.6) is 5.88 Å². The maximum absolute atomic E-state index is 11.0. The van der Waals surface area contributed by atoms with E-state index in [-0.39, 0.29) is 5.88 Å². The molecule has 7 heteroatoms. The highest BCUT2D eigenvalue weighted by Gasteiger charge is 2.06. The van der Waals surface area contributed by atoms with Crippen LogP contribution in [-0.2, 0) is 4.79 Å². The van der Waals surface area contributed by atoms with Crippen LogP contribution in [0.15, 0.2) is 12.4 Å². The van der Waals surface area contributed by atoms with Crippen LogP contribution >= 0.6 is 0 Å². The molecule has 2 N–H and O–H groups in total. The average molecular weight is 211 g/mol. The average Bonchev–Trinajstić information content (AvgIpc) is 2.15. The molecule has 0 aliphatic heterocycles. The lowest BCUT2D eigenvalue weighted by Crippen LogP contribution is -2.31. The summed E-state index contributed by atoms with van der Waals surface area (Å²) in [5, 5.41) is 10.3. The van der Waals surface area contributed by atoms with Crippen LogP contribution in [-0.4, -0.2) is 33.7 Å². The topological polar surface area (TPSA) is 101 Å². The van der Waals surface area contributed by atoms with Gasteiger partial charge in [-0.05, 0) is 6.92 Å². The predicted octanol–water partition coefficient (Wildman–Crippen LogP) is -0.0420. The zero-order chi connectivity index (χ0) is 11.3. The molecule has 0 unspecified atom stereocenters. The summed E-state index contributed by atoms with van der Waals surface area (Å²) in [4.78, 5) is 28.6. The van der Waals surface area contributed by atoms with Gasteiger partial charge in [0.25, 0.3) is 0 Å². The van der Waals surface area contributed by atoms with Gasteiger partial charge in [-0.2, -0.15) is 0 Å². The van der Waals surface area contributed by atoms with Crippen molar-refractivity contribution in [1.29, 1.82) is 0 Å². The molecular formula is C8H9N3O4. The van der Waals surface area contributed by atoms with Gasteiger partial charge in [0.15, 0.2) is 0 Å². The van der Waals surface area contributed by atoms with Crippen molar-refractivity contribution < 1.29 is 19.4 Å². The number of carboxylic acids is 1. The standard InChI is InChI=1S/C8H9N3O4/c1-5-2-6(11-4-10-5)15-8(14)9-3-7(12)13/h2,4H,3H2,1H3,(H,9,14)(H,12,13). The number of carbonyl (C=O) groups excluding carboxylic acids is 1. The molecule has 1 aromatic rings. The van der Waals surface area contributed by atoms with Gasteiger partial charge in [0.1, 0.15) is 12.9 Å². The summed E-state index contributed by atoms with van der Waals surface area (Å²) in [5.74, 6) is -1.07. The van der Waals surface area contributed by atoms with Gasteiger partial charge in [-0.3, -0.25) is 4.79 Å². The third kappa shape index (κ3) is 4.03. The van der Waals surface area contributed by atoms with Gasteiger partial charge in [0.2, 0.25) is 5.88 Å². The number of nitrogens with one attached hydrogen (secondary N) is 1. The van der Waals surface area contributed by atoms with E-state index in [0.717, 1.165) is 0 Å². The van der Waals surface area contributed by atoms with E-state index in [0.29, 0.717) is 5.69 Å². The monoisotopic (exact) mass is 211 g/mol. The molecule has 1 heterocycles. The van der Waals surface area contributed by atoms with E-state index in [1.807, 2.05) is 5.32 Å². The Morgan fingerprint density at radius 1 is 1.53 bits per heavy atom. The van der Waals surface area contributed by atoms with Gasteiger partial charge in [0, 0.05) is 11.8 Å². The highest BCUT2D eigenvalue weighted by atomic mass is 16.6. The smallest absolute Gasteiger partial charge is 0.414 e. The highest BCUT2D eigenvalue weighted by molar-refractivity contribution is 5.77. The number of nitrogens with zero attached hydrogens (tertiary/aromatic N) is 2. The van der Waals surface area contributed by atoms with Crippen molar-refractivity contribution in [3.8, 4) is 5.88 Å². The number of rotatable bonds is 3. The molecule has 80 valence electrons. The van der Waals surface area contributed by atoms with Crippen molar-refractivity contribution in [2.45, 2.75) is 6.92 Å². The minimum atomic E-state index is -1.15. The number of ether oxygens (including phenoxy) is 1. The van der Waals surface area contributed by atoms with E-state index in [4.69, 9.17) is 5.11 Å². The van der Waals surface area contributed by atoms with Gasteiger partial charge in [-0.15, -0.1) is 0 Å². The van der Waals surface area contributed by atoms with Crippen LogP contribution in [0.2, 0.25) is 0 Å². The van der Waals surface area contributed by atoms with Gasteiger partial charge in [-0.1, -0.05) is 0 Å². The fraction of sp³-hybridized carbons (Fsp3) is 0.250. The van der Waals surface area contributed by atoms with Crippen molar-refractivity contribution in [3.63, 3.8) is 0 Å². The van der Waals surface area contributed by atoms with Crippen molar-refractivity contribution in [1.82, 2.24) is 15.3 Å². The minimum Gasteiger partial charge on any atom is -0.480 e. The summed E-state index contributed by atoms with van der Waals surface area (Å²) in [6.45, 7) is 1.21. The summed E-state index contributed by atoms with van der Waals surface area (Å²) in [7, 11) is 0. The second-order valence-electron chi connectivity index (χ2n) is 2.63. The lowest BCUT2D eigenvalue weighted by Gasteiger charge is -2.03. The molecule has 0 aliphatic carbocycles. The largest absolute Gasteiger partial charge is 0.480 e. The molecule has 0 atom stereocenters. The maximum Gasteiger partial charge on any atom is 0.414 e. The Labute approximate surface area is 85.1 Å². The number of aliphatic carboxylic acids is 1. The summed E-state index contributed by atoms with van der Waals surface area (Å²) in [6.07, 6.45) is 0.380. The first-order valence-corrected chi connectivity index (χ1v) is 4.04. The van der Waals surface area contributed by atoms with Crippen molar-refractivity contribution >= 4 is 12.1 Å². The van der Waals surface area contributed by atoms with E-state index in [1.54, 1.807) is 6.92 Å². The first kappa shape index (κ1) is 10.9. The molecule has 0 bridgehead atoms. The SMILES string of the molecule is Cc1cc(OC(=O)NCC(=O)O)ncn1. The number of carboxylic acid groups (broad SMARTS) is 1. The second kappa shape index (κ2) is 4.89. The van der Waals surface area contributed by atoms with E-state index < -0.39 is 18.6 Å². The third-order valence-electron chi connectivity index (χ3n) is 1.36. The van der Waals surface area contributed by atoms with Crippen molar-refractivity contribution in [3.05, 3.63) is 18.1 Å². The predicted molar refractivity (Wildman–Crippen MR) is 48.4 cm³/mol. The summed E-state index contributed by atoms with van der Waals surface area (Å²) in [5.41, 5.74) is 0.644. The first-order chi connectivity index (χ1) is 7.08. The van der Waals surface area contributed by atoms with Gasteiger partial charge in [-0.25, -0.2) is 14.8 Å². The molecule has 1 rings (SSSR count). The summed E-state index contributed by atoms with van der Waals surface area (Å²) < 4.78 is 4.68. The Morgan fingerprint density at radius 2 is 2.27 bits per heavy atom. The molecule has 0 spiro atoms. The molecule has 0 saturated heterocycles. The zero-order valence-corrected chi connectivity index (χ0v) is 7.93. The zero-order valence-electron chi connectivity index (χ0n) is 7.93. The van der Waals surface area contributed by atoms with Crippen molar-refractivity contribution in [2.24, 2.45) is 0 Å². The maximum atomic E-state index is 11.0. The molecule has 1 aromatic heterocycles. The Balaban J connectivity index is 2.48. The molecule has 0 radical (unpaired) electrons. The molecule has 1 amide bonds.